The van der Waals surface area contributed by atoms with E-state index in [4.69, 9.17) is 4.74 Å². The second-order valence-electron chi connectivity index (χ2n) is 5.15. The van der Waals surface area contributed by atoms with Gasteiger partial charge in [0.2, 0.25) is 0 Å². The third-order valence-electron chi connectivity index (χ3n) is 3.70. The van der Waals surface area contributed by atoms with E-state index in [0.29, 0.717) is 18.2 Å². The van der Waals surface area contributed by atoms with Gasteiger partial charge >= 0.3 is 0 Å². The SMILES string of the molecule is CCCC(CNCC)N1CC(C)OCC1CC. The first kappa shape index (κ1) is 14.9. The molecule has 1 saturated heterocycles. The zero-order valence-electron chi connectivity index (χ0n) is 12.0. The van der Waals surface area contributed by atoms with Crippen molar-refractivity contribution >= 4 is 0 Å². The molecule has 0 aromatic heterocycles. The molecular formula is C14H30N2O. The Morgan fingerprint density at radius 3 is 2.71 bits per heavy atom. The van der Waals surface area contributed by atoms with Gasteiger partial charge in [-0.25, -0.2) is 0 Å². The zero-order valence-corrected chi connectivity index (χ0v) is 12.0. The molecule has 17 heavy (non-hydrogen) atoms. The van der Waals surface area contributed by atoms with Gasteiger partial charge in [-0.1, -0.05) is 27.2 Å². The van der Waals surface area contributed by atoms with Gasteiger partial charge in [-0.05, 0) is 26.3 Å². The van der Waals surface area contributed by atoms with Crippen molar-refractivity contribution in [3.8, 4) is 0 Å². The molecule has 1 heterocycles. The molecule has 1 rings (SSSR count). The number of likely N-dealkylation sites (N-methyl/N-ethyl adjacent to an activating group) is 1. The van der Waals surface area contributed by atoms with Crippen LogP contribution in [0.2, 0.25) is 0 Å². The summed E-state index contributed by atoms with van der Waals surface area (Å²) in [5.41, 5.74) is 0. The van der Waals surface area contributed by atoms with Crippen LogP contribution in [0.3, 0.4) is 0 Å². The average Bonchev–Trinajstić information content (AvgIpc) is 2.34. The van der Waals surface area contributed by atoms with E-state index in [1.54, 1.807) is 0 Å². The molecule has 0 bridgehead atoms. The number of morpholine rings is 1. The largest absolute Gasteiger partial charge is 0.376 e. The highest BCUT2D eigenvalue weighted by Crippen LogP contribution is 2.19. The first-order valence-corrected chi connectivity index (χ1v) is 7.30. The maximum absolute atomic E-state index is 5.78. The number of nitrogens with zero attached hydrogens (tertiary/aromatic N) is 1. The van der Waals surface area contributed by atoms with Crippen molar-refractivity contribution in [2.75, 3.05) is 26.2 Å². The Balaban J connectivity index is 2.59. The van der Waals surface area contributed by atoms with Gasteiger partial charge in [-0.3, -0.25) is 4.90 Å². The maximum atomic E-state index is 5.78. The Kier molecular flexibility index (Phi) is 7.09. The summed E-state index contributed by atoms with van der Waals surface area (Å²) in [5, 5.41) is 3.51. The van der Waals surface area contributed by atoms with Crippen LogP contribution in [0.1, 0.15) is 47.0 Å². The van der Waals surface area contributed by atoms with E-state index < -0.39 is 0 Å². The third kappa shape index (κ3) is 4.57. The number of ether oxygens (including phenoxy) is 1. The van der Waals surface area contributed by atoms with E-state index in [-0.39, 0.29) is 0 Å². The first-order valence-electron chi connectivity index (χ1n) is 7.30. The minimum absolute atomic E-state index is 0.388. The molecule has 1 fully saturated rings. The summed E-state index contributed by atoms with van der Waals surface area (Å²) in [5.74, 6) is 0. The van der Waals surface area contributed by atoms with Gasteiger partial charge in [0.1, 0.15) is 0 Å². The number of rotatable bonds is 7. The molecule has 102 valence electrons. The quantitative estimate of drug-likeness (QED) is 0.741. The third-order valence-corrected chi connectivity index (χ3v) is 3.70. The molecule has 3 unspecified atom stereocenters. The summed E-state index contributed by atoms with van der Waals surface area (Å²) < 4.78 is 5.78. The highest BCUT2D eigenvalue weighted by Gasteiger charge is 2.30. The van der Waals surface area contributed by atoms with Crippen LogP contribution in [-0.4, -0.2) is 49.3 Å². The Labute approximate surface area is 107 Å². The van der Waals surface area contributed by atoms with Crippen LogP contribution >= 0.6 is 0 Å². The topological polar surface area (TPSA) is 24.5 Å². The van der Waals surface area contributed by atoms with E-state index in [0.717, 1.165) is 26.2 Å². The second-order valence-corrected chi connectivity index (χ2v) is 5.15. The molecule has 1 aliphatic heterocycles. The zero-order chi connectivity index (χ0) is 12.7. The summed E-state index contributed by atoms with van der Waals surface area (Å²) >= 11 is 0. The van der Waals surface area contributed by atoms with Crippen LogP contribution in [-0.2, 0) is 4.74 Å². The van der Waals surface area contributed by atoms with Gasteiger partial charge in [0.05, 0.1) is 12.7 Å². The standard InChI is InChI=1S/C14H30N2O/c1-5-8-14(9-15-7-3)16-10-12(4)17-11-13(16)6-2/h12-15H,5-11H2,1-4H3. The summed E-state index contributed by atoms with van der Waals surface area (Å²) in [4.78, 5) is 2.68. The molecule has 3 heteroatoms. The van der Waals surface area contributed by atoms with Gasteiger partial charge in [0.25, 0.3) is 0 Å². The van der Waals surface area contributed by atoms with Crippen molar-refractivity contribution < 1.29 is 4.74 Å². The van der Waals surface area contributed by atoms with Crippen LogP contribution in [0.5, 0.6) is 0 Å². The molecule has 1 N–H and O–H groups in total. The number of nitrogens with one attached hydrogen (secondary N) is 1. The lowest BCUT2D eigenvalue weighted by molar-refractivity contribution is -0.0732. The molecular weight excluding hydrogens is 212 g/mol. The summed E-state index contributed by atoms with van der Waals surface area (Å²) in [7, 11) is 0. The molecule has 0 radical (unpaired) electrons. The Hall–Kier alpha value is -0.120. The van der Waals surface area contributed by atoms with Crippen molar-refractivity contribution in [3.63, 3.8) is 0 Å². The van der Waals surface area contributed by atoms with Gasteiger partial charge in [0.15, 0.2) is 0 Å². The Morgan fingerprint density at radius 2 is 2.12 bits per heavy atom. The van der Waals surface area contributed by atoms with Crippen molar-refractivity contribution in [3.05, 3.63) is 0 Å². The van der Waals surface area contributed by atoms with Gasteiger partial charge in [-0.2, -0.15) is 0 Å². The van der Waals surface area contributed by atoms with Crippen LogP contribution in [0.4, 0.5) is 0 Å². The predicted molar refractivity (Wildman–Crippen MR) is 73.4 cm³/mol. The Bertz CT molecular complexity index is 199. The lowest BCUT2D eigenvalue weighted by Gasteiger charge is -2.43. The fourth-order valence-corrected chi connectivity index (χ4v) is 2.70. The van der Waals surface area contributed by atoms with Crippen molar-refractivity contribution in [2.24, 2.45) is 0 Å². The molecule has 3 nitrogen and oxygen atoms in total. The normalized spacial score (nSPS) is 28.2. The van der Waals surface area contributed by atoms with Crippen molar-refractivity contribution in [1.29, 1.82) is 0 Å². The fraction of sp³-hybridized carbons (Fsp3) is 1.00. The van der Waals surface area contributed by atoms with E-state index in [9.17, 15) is 0 Å². The monoisotopic (exact) mass is 242 g/mol. The molecule has 0 spiro atoms. The molecule has 0 aliphatic carbocycles. The smallest absolute Gasteiger partial charge is 0.0674 e. The van der Waals surface area contributed by atoms with Crippen LogP contribution < -0.4 is 5.32 Å². The lowest BCUT2D eigenvalue weighted by atomic mass is 10.0. The second kappa shape index (κ2) is 8.06. The van der Waals surface area contributed by atoms with Crippen molar-refractivity contribution in [2.45, 2.75) is 65.1 Å². The van der Waals surface area contributed by atoms with Gasteiger partial charge in [0, 0.05) is 25.2 Å². The summed E-state index contributed by atoms with van der Waals surface area (Å²) in [6.45, 7) is 13.1. The van der Waals surface area contributed by atoms with Gasteiger partial charge in [-0.15, -0.1) is 0 Å². The summed E-state index contributed by atoms with van der Waals surface area (Å²) in [6, 6.07) is 1.29. The number of hydrogen-bond donors (Lipinski definition) is 1. The van der Waals surface area contributed by atoms with Gasteiger partial charge < -0.3 is 10.1 Å². The van der Waals surface area contributed by atoms with Crippen LogP contribution in [0.25, 0.3) is 0 Å². The fourth-order valence-electron chi connectivity index (χ4n) is 2.70. The molecule has 0 aromatic carbocycles. The van der Waals surface area contributed by atoms with E-state index in [1.807, 2.05) is 0 Å². The van der Waals surface area contributed by atoms with E-state index in [2.05, 4.69) is 37.9 Å². The van der Waals surface area contributed by atoms with Crippen LogP contribution in [0, 0.1) is 0 Å². The highest BCUT2D eigenvalue weighted by molar-refractivity contribution is 4.84. The molecule has 3 atom stereocenters. The minimum atomic E-state index is 0.388. The maximum Gasteiger partial charge on any atom is 0.0674 e. The van der Waals surface area contributed by atoms with Crippen molar-refractivity contribution in [1.82, 2.24) is 10.2 Å². The van der Waals surface area contributed by atoms with E-state index in [1.165, 1.54) is 19.3 Å². The molecule has 1 aliphatic rings. The highest BCUT2D eigenvalue weighted by atomic mass is 16.5. The minimum Gasteiger partial charge on any atom is -0.376 e. The summed E-state index contributed by atoms with van der Waals surface area (Å²) in [6.07, 6.45) is 4.13. The van der Waals surface area contributed by atoms with Crippen LogP contribution in [0.15, 0.2) is 0 Å². The first-order chi connectivity index (χ1) is 8.22. The molecule has 0 saturated carbocycles. The predicted octanol–water partition coefficient (Wildman–Crippen LogP) is 2.26. The molecule has 0 aromatic rings. The lowest BCUT2D eigenvalue weighted by Crippen LogP contribution is -2.55. The Morgan fingerprint density at radius 1 is 1.35 bits per heavy atom. The number of hydrogen-bond acceptors (Lipinski definition) is 3. The average molecular weight is 242 g/mol. The van der Waals surface area contributed by atoms with E-state index >= 15 is 0 Å². The molecule has 0 amide bonds.